The highest BCUT2D eigenvalue weighted by atomic mass is 35.5. The summed E-state index contributed by atoms with van der Waals surface area (Å²) >= 11 is 0. The van der Waals surface area contributed by atoms with Crippen molar-refractivity contribution >= 4 is 18.3 Å². The van der Waals surface area contributed by atoms with E-state index in [1.165, 1.54) is 19.2 Å². The Morgan fingerprint density at radius 2 is 1.85 bits per heavy atom. The number of halogens is 4. The molecule has 0 aliphatic heterocycles. The third-order valence-electron chi connectivity index (χ3n) is 3.73. The molecule has 1 atom stereocenters. The number of benzene rings is 2. The van der Waals surface area contributed by atoms with Crippen LogP contribution in [0.25, 0.3) is 0 Å². The topological polar surface area (TPSA) is 64.3 Å². The van der Waals surface area contributed by atoms with E-state index < -0.39 is 23.7 Å². The van der Waals surface area contributed by atoms with Crippen LogP contribution in [0.4, 0.5) is 13.2 Å². The number of alkyl halides is 3. The van der Waals surface area contributed by atoms with Gasteiger partial charge in [-0.3, -0.25) is 4.79 Å². The third kappa shape index (κ3) is 5.93. The second-order valence-electron chi connectivity index (χ2n) is 5.52. The zero-order chi connectivity index (χ0) is 18.4. The number of hydrogen-bond donors (Lipinski definition) is 2. The van der Waals surface area contributed by atoms with Crippen LogP contribution in [0, 0.1) is 0 Å². The summed E-state index contributed by atoms with van der Waals surface area (Å²) in [5.41, 5.74) is 5.87. The molecule has 3 N–H and O–H groups in total. The van der Waals surface area contributed by atoms with Crippen LogP contribution in [0.3, 0.4) is 0 Å². The summed E-state index contributed by atoms with van der Waals surface area (Å²) in [6, 6.07) is 12.1. The summed E-state index contributed by atoms with van der Waals surface area (Å²) in [5.74, 6) is -0.311. The van der Waals surface area contributed by atoms with Crippen LogP contribution in [-0.2, 0) is 17.5 Å². The molecule has 0 heterocycles. The molecule has 26 heavy (non-hydrogen) atoms. The maximum atomic E-state index is 13.1. The maximum absolute atomic E-state index is 13.1. The first-order valence-corrected chi connectivity index (χ1v) is 7.62. The molecule has 2 aromatic rings. The Labute approximate surface area is 155 Å². The number of ether oxygens (including phenoxy) is 1. The average Bonchev–Trinajstić information content (AvgIpc) is 2.59. The van der Waals surface area contributed by atoms with Crippen molar-refractivity contribution in [3.63, 3.8) is 0 Å². The molecule has 4 nitrogen and oxygen atoms in total. The highest BCUT2D eigenvalue weighted by molar-refractivity contribution is 5.85. The molecular weight excluding hydrogens is 369 g/mol. The molecule has 1 amide bonds. The molecule has 2 rings (SSSR count). The van der Waals surface area contributed by atoms with E-state index in [1.54, 1.807) is 24.3 Å². The molecule has 0 spiro atoms. The number of methoxy groups -OCH3 is 1. The van der Waals surface area contributed by atoms with Gasteiger partial charge < -0.3 is 15.8 Å². The Kier molecular flexibility index (Phi) is 7.92. The van der Waals surface area contributed by atoms with E-state index in [0.29, 0.717) is 0 Å². The summed E-state index contributed by atoms with van der Waals surface area (Å²) in [7, 11) is 1.29. The summed E-state index contributed by atoms with van der Waals surface area (Å²) in [5, 5.41) is 2.49. The van der Waals surface area contributed by atoms with E-state index in [0.717, 1.165) is 11.6 Å². The first-order chi connectivity index (χ1) is 11.8. The van der Waals surface area contributed by atoms with Gasteiger partial charge in [0.05, 0.1) is 12.7 Å². The van der Waals surface area contributed by atoms with Crippen LogP contribution in [-0.4, -0.2) is 13.0 Å². The Bertz CT molecular complexity index is 724. The lowest BCUT2D eigenvalue weighted by atomic mass is 10.0. The summed E-state index contributed by atoms with van der Waals surface area (Å²) in [4.78, 5) is 12.0. The van der Waals surface area contributed by atoms with Crippen molar-refractivity contribution < 1.29 is 22.7 Å². The highest BCUT2D eigenvalue weighted by Crippen LogP contribution is 2.34. The maximum Gasteiger partial charge on any atom is 0.416 e. The summed E-state index contributed by atoms with van der Waals surface area (Å²) < 4.78 is 44.2. The molecule has 0 aliphatic rings. The van der Waals surface area contributed by atoms with Gasteiger partial charge in [-0.1, -0.05) is 36.4 Å². The Morgan fingerprint density at radius 1 is 1.19 bits per heavy atom. The smallest absolute Gasteiger partial charge is 0.416 e. The van der Waals surface area contributed by atoms with Crippen LogP contribution in [0.15, 0.2) is 48.5 Å². The quantitative estimate of drug-likeness (QED) is 0.790. The van der Waals surface area contributed by atoms with Crippen LogP contribution in [0.1, 0.15) is 29.2 Å². The van der Waals surface area contributed by atoms with Crippen molar-refractivity contribution in [2.24, 2.45) is 5.73 Å². The van der Waals surface area contributed by atoms with E-state index in [1.807, 2.05) is 6.07 Å². The van der Waals surface area contributed by atoms with E-state index in [-0.39, 0.29) is 36.7 Å². The fourth-order valence-corrected chi connectivity index (χ4v) is 2.38. The molecular formula is C18H20ClF3N2O2. The minimum absolute atomic E-state index is 0. The average molecular weight is 389 g/mol. The normalized spacial score (nSPS) is 12.0. The van der Waals surface area contributed by atoms with Gasteiger partial charge in [0.2, 0.25) is 5.91 Å². The number of rotatable bonds is 6. The van der Waals surface area contributed by atoms with Gasteiger partial charge in [-0.05, 0) is 23.3 Å². The predicted octanol–water partition coefficient (Wildman–Crippen LogP) is 3.84. The Morgan fingerprint density at radius 3 is 2.42 bits per heavy atom. The zero-order valence-corrected chi connectivity index (χ0v) is 14.9. The minimum Gasteiger partial charge on any atom is -0.497 e. The molecule has 0 fully saturated rings. The molecule has 0 saturated heterocycles. The number of carbonyl (C=O) groups is 1. The van der Waals surface area contributed by atoms with Crippen LogP contribution >= 0.6 is 12.4 Å². The summed E-state index contributed by atoms with van der Waals surface area (Å²) in [6.45, 7) is -0.237. The molecule has 2 aromatic carbocycles. The number of nitrogens with two attached hydrogens (primary N) is 1. The van der Waals surface area contributed by atoms with Gasteiger partial charge >= 0.3 is 6.18 Å². The monoisotopic (exact) mass is 388 g/mol. The number of carbonyl (C=O) groups excluding carboxylic acids is 1. The lowest BCUT2D eigenvalue weighted by Crippen LogP contribution is -2.28. The predicted molar refractivity (Wildman–Crippen MR) is 95.1 cm³/mol. The van der Waals surface area contributed by atoms with Crippen LogP contribution in [0.5, 0.6) is 5.75 Å². The van der Waals surface area contributed by atoms with Gasteiger partial charge in [0, 0.05) is 19.0 Å². The van der Waals surface area contributed by atoms with Gasteiger partial charge in [-0.15, -0.1) is 12.4 Å². The molecule has 0 radical (unpaired) electrons. The zero-order valence-electron chi connectivity index (χ0n) is 14.0. The van der Waals surface area contributed by atoms with Crippen LogP contribution < -0.4 is 15.8 Å². The van der Waals surface area contributed by atoms with Crippen molar-refractivity contribution in [3.8, 4) is 5.75 Å². The fourth-order valence-electron chi connectivity index (χ4n) is 2.38. The number of amides is 1. The van der Waals surface area contributed by atoms with Crippen molar-refractivity contribution in [2.75, 3.05) is 7.11 Å². The second kappa shape index (κ2) is 9.45. The van der Waals surface area contributed by atoms with Crippen molar-refractivity contribution in [2.45, 2.75) is 25.2 Å². The molecule has 0 bridgehead atoms. The first kappa shape index (κ1) is 21.8. The number of hydrogen-bond acceptors (Lipinski definition) is 3. The molecule has 1 unspecified atom stereocenters. The van der Waals surface area contributed by atoms with Crippen molar-refractivity contribution in [3.05, 3.63) is 65.2 Å². The standard InChI is InChI=1S/C18H19F3N2O2.ClH/c1-25-14-8-7-13(15(9-14)18(19,20)21)11-23-17(24)10-16(22)12-5-3-2-4-6-12;/h2-9,16H,10-11,22H2,1H3,(H,23,24);1H. The molecule has 142 valence electrons. The molecule has 0 aromatic heterocycles. The van der Waals surface area contributed by atoms with E-state index in [4.69, 9.17) is 10.5 Å². The van der Waals surface area contributed by atoms with E-state index in [2.05, 4.69) is 5.32 Å². The first-order valence-electron chi connectivity index (χ1n) is 7.62. The van der Waals surface area contributed by atoms with Crippen molar-refractivity contribution in [1.29, 1.82) is 0 Å². The molecule has 0 aliphatic carbocycles. The molecule has 0 saturated carbocycles. The van der Waals surface area contributed by atoms with E-state index >= 15 is 0 Å². The van der Waals surface area contributed by atoms with Gasteiger partial charge in [-0.25, -0.2) is 0 Å². The van der Waals surface area contributed by atoms with Gasteiger partial charge in [-0.2, -0.15) is 13.2 Å². The van der Waals surface area contributed by atoms with Crippen molar-refractivity contribution in [1.82, 2.24) is 5.32 Å². The van der Waals surface area contributed by atoms with Gasteiger partial charge in [0.1, 0.15) is 5.75 Å². The lowest BCUT2D eigenvalue weighted by Gasteiger charge is -2.16. The fraction of sp³-hybridized carbons (Fsp3) is 0.278. The SMILES string of the molecule is COc1ccc(CNC(=O)CC(N)c2ccccc2)c(C(F)(F)F)c1.Cl. The van der Waals surface area contributed by atoms with Gasteiger partial charge in [0.25, 0.3) is 0 Å². The van der Waals surface area contributed by atoms with E-state index in [9.17, 15) is 18.0 Å². The lowest BCUT2D eigenvalue weighted by molar-refractivity contribution is -0.138. The second-order valence-corrected chi connectivity index (χ2v) is 5.52. The van der Waals surface area contributed by atoms with Gasteiger partial charge in [0.15, 0.2) is 0 Å². The Balaban J connectivity index is 0.00000338. The number of nitrogens with one attached hydrogen (secondary N) is 1. The molecule has 8 heteroatoms. The Hall–Kier alpha value is -2.25. The summed E-state index contributed by atoms with van der Waals surface area (Å²) in [6.07, 6.45) is -4.55. The largest absolute Gasteiger partial charge is 0.497 e. The third-order valence-corrected chi connectivity index (χ3v) is 3.73. The highest BCUT2D eigenvalue weighted by Gasteiger charge is 2.33. The van der Waals surface area contributed by atoms with Crippen LogP contribution in [0.2, 0.25) is 0 Å². The minimum atomic E-state index is -4.53.